The van der Waals surface area contributed by atoms with Crippen molar-refractivity contribution in [2.75, 3.05) is 18.0 Å². The highest BCUT2D eigenvalue weighted by molar-refractivity contribution is 5.97. The largest absolute Gasteiger partial charge is 0.433 e. The number of aromatic nitrogens is 1. The summed E-state index contributed by atoms with van der Waals surface area (Å²) in [4.78, 5) is 16.1. The first-order valence-corrected chi connectivity index (χ1v) is 5.60. The normalized spacial score (nSPS) is 19.8. The van der Waals surface area contributed by atoms with Crippen LogP contribution >= 0.6 is 0 Å². The molecule has 1 atom stereocenters. The van der Waals surface area contributed by atoms with Gasteiger partial charge in [-0.25, -0.2) is 4.98 Å². The van der Waals surface area contributed by atoms with Crippen molar-refractivity contribution in [3.63, 3.8) is 0 Å². The van der Waals surface area contributed by atoms with Crippen LogP contribution in [0.3, 0.4) is 0 Å². The molecule has 0 saturated carbocycles. The van der Waals surface area contributed by atoms with E-state index >= 15 is 0 Å². The quantitative estimate of drug-likeness (QED) is 0.835. The average Bonchev–Trinajstić information content (AvgIpc) is 2.73. The van der Waals surface area contributed by atoms with Crippen molar-refractivity contribution in [1.82, 2.24) is 4.98 Å². The molecule has 0 bridgehead atoms. The maximum atomic E-state index is 12.6. The zero-order valence-corrected chi connectivity index (χ0v) is 9.81. The van der Waals surface area contributed by atoms with Crippen molar-refractivity contribution >= 4 is 11.7 Å². The third-order valence-electron chi connectivity index (χ3n) is 2.89. The number of rotatable bonds is 2. The van der Waals surface area contributed by atoms with Gasteiger partial charge in [-0.15, -0.1) is 0 Å². The van der Waals surface area contributed by atoms with Crippen LogP contribution in [0.5, 0.6) is 0 Å². The number of hydrogen-bond donors (Lipinski definition) is 2. The van der Waals surface area contributed by atoms with Crippen LogP contribution in [-0.2, 0) is 6.18 Å². The van der Waals surface area contributed by atoms with Gasteiger partial charge in [-0.05, 0) is 18.6 Å². The molecule has 0 aromatic carbocycles. The fraction of sp³-hybridized carbons (Fsp3) is 0.455. The molecule has 0 radical (unpaired) electrons. The molecule has 104 valence electrons. The molecule has 1 aromatic rings. The van der Waals surface area contributed by atoms with Gasteiger partial charge < -0.3 is 15.7 Å². The number of carbonyl (C=O) groups is 1. The summed E-state index contributed by atoms with van der Waals surface area (Å²) in [5, 5.41) is 9.41. The maximum absolute atomic E-state index is 12.6. The molecule has 1 saturated heterocycles. The minimum Gasteiger partial charge on any atom is -0.391 e. The Bertz CT molecular complexity index is 504. The van der Waals surface area contributed by atoms with E-state index in [9.17, 15) is 23.1 Å². The van der Waals surface area contributed by atoms with Crippen LogP contribution in [-0.4, -0.2) is 35.2 Å². The number of nitrogens with zero attached hydrogens (tertiary/aromatic N) is 2. The van der Waals surface area contributed by atoms with E-state index in [1.54, 1.807) is 0 Å². The Kier molecular flexibility index (Phi) is 3.36. The first-order valence-electron chi connectivity index (χ1n) is 5.60. The van der Waals surface area contributed by atoms with Crippen molar-refractivity contribution in [2.24, 2.45) is 5.73 Å². The van der Waals surface area contributed by atoms with Gasteiger partial charge in [-0.3, -0.25) is 4.79 Å². The van der Waals surface area contributed by atoms with Crippen molar-refractivity contribution in [3.8, 4) is 0 Å². The minimum atomic E-state index is -4.59. The second-order valence-electron chi connectivity index (χ2n) is 4.32. The number of nitrogens with two attached hydrogens (primary N) is 1. The Balaban J connectivity index is 2.45. The Morgan fingerprint density at radius 2 is 2.16 bits per heavy atom. The van der Waals surface area contributed by atoms with Gasteiger partial charge in [0.05, 0.1) is 11.7 Å². The number of hydrogen-bond acceptors (Lipinski definition) is 4. The van der Waals surface area contributed by atoms with Crippen LogP contribution in [0.25, 0.3) is 0 Å². The molecule has 0 spiro atoms. The first-order chi connectivity index (χ1) is 8.79. The van der Waals surface area contributed by atoms with E-state index in [1.807, 2.05) is 0 Å². The molecule has 2 rings (SSSR count). The molecule has 8 heteroatoms. The van der Waals surface area contributed by atoms with Gasteiger partial charge in [0.1, 0.15) is 11.5 Å². The van der Waals surface area contributed by atoms with Gasteiger partial charge in [0, 0.05) is 13.1 Å². The van der Waals surface area contributed by atoms with E-state index in [0.29, 0.717) is 13.0 Å². The second-order valence-corrected chi connectivity index (χ2v) is 4.32. The molecular weight excluding hydrogens is 263 g/mol. The van der Waals surface area contributed by atoms with Crippen molar-refractivity contribution < 1.29 is 23.1 Å². The van der Waals surface area contributed by atoms with Crippen LogP contribution in [0, 0.1) is 0 Å². The minimum absolute atomic E-state index is 0.0814. The number of amides is 1. The maximum Gasteiger partial charge on any atom is 0.433 e. The topological polar surface area (TPSA) is 79.5 Å². The van der Waals surface area contributed by atoms with E-state index in [0.717, 1.165) is 12.1 Å². The molecule has 1 aliphatic rings. The molecule has 19 heavy (non-hydrogen) atoms. The lowest BCUT2D eigenvalue weighted by Crippen LogP contribution is -2.27. The van der Waals surface area contributed by atoms with Crippen molar-refractivity contribution in [2.45, 2.75) is 18.7 Å². The third kappa shape index (κ3) is 2.78. The lowest BCUT2D eigenvalue weighted by molar-refractivity contribution is -0.141. The van der Waals surface area contributed by atoms with Crippen LogP contribution in [0.4, 0.5) is 19.0 Å². The predicted molar refractivity (Wildman–Crippen MR) is 60.6 cm³/mol. The third-order valence-corrected chi connectivity index (χ3v) is 2.89. The lowest BCUT2D eigenvalue weighted by Gasteiger charge is -2.20. The summed E-state index contributed by atoms with van der Waals surface area (Å²) >= 11 is 0. The summed E-state index contributed by atoms with van der Waals surface area (Å²) in [6.45, 7) is 0.463. The summed E-state index contributed by atoms with van der Waals surface area (Å²) in [5.74, 6) is -0.975. The highest BCUT2D eigenvalue weighted by Crippen LogP contribution is 2.31. The number of aliphatic hydroxyl groups is 1. The molecule has 5 nitrogen and oxygen atoms in total. The summed E-state index contributed by atoms with van der Waals surface area (Å²) in [5.41, 5.74) is 3.96. The van der Waals surface area contributed by atoms with Gasteiger partial charge in [-0.2, -0.15) is 13.2 Å². The van der Waals surface area contributed by atoms with E-state index in [4.69, 9.17) is 5.73 Å². The van der Waals surface area contributed by atoms with Gasteiger partial charge >= 0.3 is 6.18 Å². The molecule has 3 N–H and O–H groups in total. The molecule has 1 amide bonds. The number of halogens is 3. The highest BCUT2D eigenvalue weighted by Gasteiger charge is 2.35. The molecule has 2 heterocycles. The number of carbonyl (C=O) groups excluding carboxylic acids is 1. The standard InChI is InChI=1S/C11H12F3N3O2/c12-11(13,14)8-2-1-7(9(15)19)10(16-8)17-4-3-6(18)5-17/h1-2,6,18H,3-5H2,(H2,15,19). The van der Waals surface area contributed by atoms with Gasteiger partial charge in [-0.1, -0.05) is 0 Å². The molecule has 1 fully saturated rings. The van der Waals surface area contributed by atoms with Gasteiger partial charge in [0.25, 0.3) is 5.91 Å². The summed E-state index contributed by atoms with van der Waals surface area (Å²) < 4.78 is 37.9. The fourth-order valence-corrected chi connectivity index (χ4v) is 1.97. The SMILES string of the molecule is NC(=O)c1ccc(C(F)(F)F)nc1N1CCC(O)C1. The Morgan fingerprint density at radius 3 is 2.63 bits per heavy atom. The number of aliphatic hydroxyl groups excluding tert-OH is 1. The number of anilines is 1. The highest BCUT2D eigenvalue weighted by atomic mass is 19.4. The number of pyridine rings is 1. The van der Waals surface area contributed by atoms with E-state index in [2.05, 4.69) is 4.98 Å². The molecule has 1 aliphatic heterocycles. The van der Waals surface area contributed by atoms with Crippen LogP contribution in [0.15, 0.2) is 12.1 Å². The van der Waals surface area contributed by atoms with Crippen LogP contribution in [0.1, 0.15) is 22.5 Å². The average molecular weight is 275 g/mol. The smallest absolute Gasteiger partial charge is 0.391 e. The van der Waals surface area contributed by atoms with Crippen LogP contribution < -0.4 is 10.6 Å². The predicted octanol–water partition coefficient (Wildman–Crippen LogP) is 0.770. The fourth-order valence-electron chi connectivity index (χ4n) is 1.97. The van der Waals surface area contributed by atoms with E-state index in [1.165, 1.54) is 4.90 Å². The summed E-state index contributed by atoms with van der Waals surface area (Å²) in [6, 6.07) is 1.73. The zero-order valence-electron chi connectivity index (χ0n) is 9.81. The summed E-state index contributed by atoms with van der Waals surface area (Å²) in [7, 11) is 0. The Morgan fingerprint density at radius 1 is 1.47 bits per heavy atom. The number of β-amino-alcohol motifs (C(OH)–C–C–N with tert-alkyl or cyclic N) is 1. The second kappa shape index (κ2) is 4.69. The Labute approximate surface area is 106 Å². The van der Waals surface area contributed by atoms with Crippen molar-refractivity contribution in [1.29, 1.82) is 0 Å². The van der Waals surface area contributed by atoms with Gasteiger partial charge in [0.15, 0.2) is 0 Å². The zero-order chi connectivity index (χ0) is 14.2. The monoisotopic (exact) mass is 275 g/mol. The molecule has 1 unspecified atom stereocenters. The summed E-state index contributed by atoms with van der Waals surface area (Å²) in [6.07, 6.45) is -4.82. The van der Waals surface area contributed by atoms with Crippen LogP contribution in [0.2, 0.25) is 0 Å². The molecular formula is C11H12F3N3O2. The lowest BCUT2D eigenvalue weighted by atomic mass is 10.2. The van der Waals surface area contributed by atoms with E-state index < -0.39 is 23.9 Å². The number of primary amides is 1. The molecule has 1 aromatic heterocycles. The molecule has 0 aliphatic carbocycles. The number of alkyl halides is 3. The van der Waals surface area contributed by atoms with E-state index in [-0.39, 0.29) is 17.9 Å². The van der Waals surface area contributed by atoms with Crippen molar-refractivity contribution in [3.05, 3.63) is 23.4 Å². The Hall–Kier alpha value is -1.83. The van der Waals surface area contributed by atoms with Gasteiger partial charge in [0.2, 0.25) is 0 Å². The first kappa shape index (κ1) is 13.6.